The van der Waals surface area contributed by atoms with E-state index in [1.54, 1.807) is 0 Å². The number of rotatable bonds is 6. The van der Waals surface area contributed by atoms with Crippen LogP contribution in [0.3, 0.4) is 0 Å². The molecule has 2 aromatic heterocycles. The topological polar surface area (TPSA) is 26.3 Å². The van der Waals surface area contributed by atoms with E-state index in [0.717, 1.165) is 23.0 Å². The van der Waals surface area contributed by atoms with E-state index in [2.05, 4.69) is 180 Å². The normalized spacial score (nSPS) is 16.6. The molecule has 8 rings (SSSR count). The van der Waals surface area contributed by atoms with Crippen molar-refractivity contribution in [3.8, 4) is 22.3 Å². The Balaban J connectivity index is 1.31. The van der Waals surface area contributed by atoms with Crippen molar-refractivity contribution in [2.75, 3.05) is 0 Å². The van der Waals surface area contributed by atoms with Crippen LogP contribution >= 0.6 is 0 Å². The molecule has 0 bridgehead atoms. The zero-order valence-electron chi connectivity index (χ0n) is 34.7. The van der Waals surface area contributed by atoms with E-state index in [0.29, 0.717) is 7.25 Å². The van der Waals surface area contributed by atoms with Crippen molar-refractivity contribution >= 4 is 23.3 Å². The summed E-state index contributed by atoms with van der Waals surface area (Å²) in [7, 11) is 0. The van der Waals surface area contributed by atoms with Gasteiger partial charge < -0.3 is 0 Å². The van der Waals surface area contributed by atoms with Crippen molar-refractivity contribution in [3.63, 3.8) is 0 Å². The summed E-state index contributed by atoms with van der Waals surface area (Å²) in [5.41, 5.74) is 21.9. The second-order valence-electron chi connectivity index (χ2n) is 18.1. The standard InChI is InChI=1S/2C26H27O.Zr/c2*1-16-13-20-14-21(24-12-7-17(2)27-24)15-23(20)25(18(16)3)19-8-10-22(11-9-19)26(4,5)6;/h2*7-15H,1-6H3;. The Morgan fingerprint density at radius 2 is 0.836 bits per heavy atom. The zero-order chi connectivity index (χ0) is 39.1. The van der Waals surface area contributed by atoms with Gasteiger partial charge in [0.25, 0.3) is 0 Å². The monoisotopic (exact) mass is 800 g/mol. The average Bonchev–Trinajstić information content (AvgIpc) is 3.92. The van der Waals surface area contributed by atoms with Crippen molar-refractivity contribution < 1.29 is 32.1 Å². The average molecular weight is 802 g/mol. The molecule has 2 heterocycles. The van der Waals surface area contributed by atoms with Gasteiger partial charge in [-0.1, -0.05) is 0 Å². The number of benzene rings is 4. The van der Waals surface area contributed by atoms with E-state index in [9.17, 15) is 0 Å². The fraction of sp³-hybridized carbons (Fsp3) is 0.308. The first-order valence-electron chi connectivity index (χ1n) is 19.8. The van der Waals surface area contributed by atoms with Crippen LogP contribution in [0, 0.1) is 41.5 Å². The van der Waals surface area contributed by atoms with Gasteiger partial charge in [-0.15, -0.1) is 0 Å². The van der Waals surface area contributed by atoms with Crippen molar-refractivity contribution in [1.82, 2.24) is 0 Å². The molecule has 0 saturated heterocycles. The quantitative estimate of drug-likeness (QED) is 0.168. The summed E-state index contributed by atoms with van der Waals surface area (Å²) in [6.07, 6.45) is 4.97. The number of fused-ring (bicyclic) bond motifs is 2. The minimum atomic E-state index is -1.39. The van der Waals surface area contributed by atoms with Crippen LogP contribution in [0.25, 0.3) is 45.6 Å². The molecule has 0 aliphatic heterocycles. The van der Waals surface area contributed by atoms with Gasteiger partial charge in [-0.2, -0.15) is 0 Å². The summed E-state index contributed by atoms with van der Waals surface area (Å²) in [5, 5.41) is 0. The van der Waals surface area contributed by atoms with Gasteiger partial charge in [-0.3, -0.25) is 0 Å². The van der Waals surface area contributed by atoms with Crippen LogP contribution in [0.15, 0.2) is 93.8 Å². The van der Waals surface area contributed by atoms with Crippen LogP contribution in [0.1, 0.15) is 127 Å². The molecule has 278 valence electrons. The molecule has 0 radical (unpaired) electrons. The van der Waals surface area contributed by atoms with E-state index >= 15 is 0 Å². The Morgan fingerprint density at radius 1 is 0.473 bits per heavy atom. The van der Waals surface area contributed by atoms with Crippen molar-refractivity contribution in [2.24, 2.45) is 0 Å². The number of hydrogen-bond acceptors (Lipinski definition) is 2. The summed E-state index contributed by atoms with van der Waals surface area (Å²) in [5.74, 6) is 3.90. The van der Waals surface area contributed by atoms with Gasteiger partial charge in [-0.25, -0.2) is 0 Å². The molecule has 3 heteroatoms. The summed E-state index contributed by atoms with van der Waals surface area (Å²) in [4.78, 5) is 0. The summed E-state index contributed by atoms with van der Waals surface area (Å²) >= 11 is -1.39. The molecular weight excluding hydrogens is 748 g/mol. The Hall–Kier alpha value is -4.20. The van der Waals surface area contributed by atoms with Crippen LogP contribution in [-0.4, -0.2) is 0 Å². The number of aryl methyl sites for hydroxylation is 4. The Labute approximate surface area is 340 Å². The van der Waals surface area contributed by atoms with Gasteiger partial charge >= 0.3 is 342 Å². The molecule has 2 nitrogen and oxygen atoms in total. The van der Waals surface area contributed by atoms with Gasteiger partial charge in [0.15, 0.2) is 0 Å². The van der Waals surface area contributed by atoms with E-state index in [1.165, 1.54) is 89.0 Å². The van der Waals surface area contributed by atoms with E-state index < -0.39 is 23.2 Å². The van der Waals surface area contributed by atoms with Crippen LogP contribution in [0.4, 0.5) is 0 Å². The van der Waals surface area contributed by atoms with Crippen molar-refractivity contribution in [1.29, 1.82) is 0 Å². The van der Waals surface area contributed by atoms with E-state index in [-0.39, 0.29) is 10.8 Å². The fourth-order valence-electron chi connectivity index (χ4n) is 8.68. The first-order chi connectivity index (χ1) is 26.0. The molecule has 2 unspecified atom stereocenters. The Morgan fingerprint density at radius 3 is 1.15 bits per heavy atom. The third-order valence-corrected chi connectivity index (χ3v) is 16.8. The molecule has 0 amide bonds. The Bertz CT molecular complexity index is 2340. The van der Waals surface area contributed by atoms with E-state index in [1.807, 2.05) is 0 Å². The summed E-state index contributed by atoms with van der Waals surface area (Å²) in [6.45, 7) is 27.0. The first kappa shape index (κ1) is 37.7. The minimum absolute atomic E-state index is 0.103. The predicted molar refractivity (Wildman–Crippen MR) is 228 cm³/mol. The maximum atomic E-state index is 6.51. The maximum absolute atomic E-state index is 6.51. The fourth-order valence-corrected chi connectivity index (χ4v) is 13.5. The Kier molecular flexibility index (Phi) is 9.44. The van der Waals surface area contributed by atoms with Crippen LogP contribution in [0.2, 0.25) is 0 Å². The van der Waals surface area contributed by atoms with Gasteiger partial charge in [0, 0.05) is 0 Å². The summed E-state index contributed by atoms with van der Waals surface area (Å²) < 4.78 is 13.6. The molecule has 2 atom stereocenters. The molecular formula is C52H54O2Zr. The molecule has 6 aromatic rings. The van der Waals surface area contributed by atoms with Gasteiger partial charge in [0.1, 0.15) is 0 Å². The molecule has 55 heavy (non-hydrogen) atoms. The van der Waals surface area contributed by atoms with Crippen molar-refractivity contribution in [3.05, 3.63) is 164 Å². The SMILES string of the molecule is Cc1ccc(C2=Cc3c(cc(C)c(C)c3-c3ccc(C(C)(C)C)cc3)[CH]2[Zr][CH]2C(c3ccc(C)o3)=Cc3c2cc(C)c(C)c3-c2ccc(C(C)(C)C)cc2)o1. The van der Waals surface area contributed by atoms with Gasteiger partial charge in [-0.05, 0) is 0 Å². The third-order valence-electron chi connectivity index (χ3n) is 12.1. The van der Waals surface area contributed by atoms with Crippen LogP contribution in [-0.2, 0) is 34.1 Å². The molecule has 0 spiro atoms. The second kappa shape index (κ2) is 13.8. The number of furan rings is 2. The number of hydrogen-bond donors (Lipinski definition) is 0. The molecule has 2 aliphatic carbocycles. The van der Waals surface area contributed by atoms with Gasteiger partial charge in [0.05, 0.1) is 0 Å². The first-order valence-corrected chi connectivity index (χ1v) is 22.7. The molecule has 0 saturated carbocycles. The van der Waals surface area contributed by atoms with Gasteiger partial charge in [0.2, 0.25) is 0 Å². The zero-order valence-corrected chi connectivity index (χ0v) is 37.2. The molecule has 0 fully saturated rings. The van der Waals surface area contributed by atoms with Crippen LogP contribution < -0.4 is 0 Å². The number of allylic oxidation sites excluding steroid dienone is 2. The van der Waals surface area contributed by atoms with Crippen LogP contribution in [0.5, 0.6) is 0 Å². The second-order valence-corrected chi connectivity index (χ2v) is 21.8. The van der Waals surface area contributed by atoms with E-state index in [4.69, 9.17) is 8.83 Å². The summed E-state index contributed by atoms with van der Waals surface area (Å²) in [6, 6.07) is 32.3. The van der Waals surface area contributed by atoms with Crippen molar-refractivity contribution in [2.45, 2.75) is 101 Å². The molecule has 2 aliphatic rings. The third kappa shape index (κ3) is 6.75. The predicted octanol–water partition coefficient (Wildman–Crippen LogP) is 14.6. The molecule has 0 N–H and O–H groups in total. The molecule has 4 aromatic carbocycles.